The highest BCUT2D eigenvalue weighted by molar-refractivity contribution is 6.06. The summed E-state index contributed by atoms with van der Waals surface area (Å²) in [6.07, 6.45) is -3.16. The van der Waals surface area contributed by atoms with Gasteiger partial charge in [-0.05, 0) is 36.8 Å². The van der Waals surface area contributed by atoms with Crippen LogP contribution < -0.4 is 20.1 Å². The predicted octanol–water partition coefficient (Wildman–Crippen LogP) is 4.24. The van der Waals surface area contributed by atoms with Crippen LogP contribution in [0, 0.1) is 0 Å². The topological polar surface area (TPSA) is 90.3 Å². The third kappa shape index (κ3) is 4.21. The molecular weight excluding hydrogens is 439 g/mol. The number of ether oxygens (including phenoxy) is 2. The number of allylic oxidation sites excluding steroid dienone is 1. The van der Waals surface area contributed by atoms with Gasteiger partial charge in [0.05, 0.1) is 31.0 Å². The minimum Gasteiger partial charge on any atom is -0.497 e. The highest BCUT2D eigenvalue weighted by atomic mass is 19.4. The fourth-order valence-corrected chi connectivity index (χ4v) is 3.64. The number of nitrogens with one attached hydrogen (secondary N) is 2. The van der Waals surface area contributed by atoms with Crippen LogP contribution in [0.15, 0.2) is 60.1 Å². The highest BCUT2D eigenvalue weighted by Crippen LogP contribution is 2.38. The Labute approximate surface area is 187 Å². The van der Waals surface area contributed by atoms with Crippen LogP contribution in [0.2, 0.25) is 0 Å². The van der Waals surface area contributed by atoms with E-state index in [-0.39, 0.29) is 5.57 Å². The molecule has 0 radical (unpaired) electrons. The van der Waals surface area contributed by atoms with Crippen molar-refractivity contribution in [2.45, 2.75) is 19.1 Å². The first-order valence-corrected chi connectivity index (χ1v) is 9.80. The number of carbonyl (C=O) groups excluding carboxylic acids is 1. The second-order valence-corrected chi connectivity index (χ2v) is 7.23. The number of benzene rings is 2. The summed E-state index contributed by atoms with van der Waals surface area (Å²) in [5.41, 5.74) is 0.825. The van der Waals surface area contributed by atoms with Crippen LogP contribution in [0.3, 0.4) is 0 Å². The summed E-state index contributed by atoms with van der Waals surface area (Å²) >= 11 is 0. The second kappa shape index (κ2) is 8.49. The quantitative estimate of drug-likeness (QED) is 0.593. The third-order valence-corrected chi connectivity index (χ3v) is 5.25. The van der Waals surface area contributed by atoms with Crippen LogP contribution >= 0.6 is 0 Å². The summed E-state index contributed by atoms with van der Waals surface area (Å²) in [6.45, 7) is 1.69. The maximum absolute atomic E-state index is 13.4. The zero-order chi connectivity index (χ0) is 23.8. The molecule has 0 unspecified atom stereocenters. The Balaban J connectivity index is 1.73. The van der Waals surface area contributed by atoms with Gasteiger partial charge >= 0.3 is 6.18 Å². The fourth-order valence-electron chi connectivity index (χ4n) is 3.64. The van der Waals surface area contributed by atoms with Gasteiger partial charge in [-0.1, -0.05) is 12.1 Å². The molecule has 0 bridgehead atoms. The number of methoxy groups -OCH3 is 2. The summed E-state index contributed by atoms with van der Waals surface area (Å²) in [5.74, 6) is 0.831. The van der Waals surface area contributed by atoms with Gasteiger partial charge in [-0.25, -0.2) is 4.68 Å². The molecule has 0 spiro atoms. The molecule has 1 aliphatic rings. The molecule has 0 fully saturated rings. The molecule has 11 heteroatoms. The van der Waals surface area contributed by atoms with Crippen molar-refractivity contribution < 1.29 is 27.4 Å². The van der Waals surface area contributed by atoms with Crippen molar-refractivity contribution >= 4 is 17.5 Å². The molecule has 172 valence electrons. The SMILES string of the molecule is COc1ccc(NC(=O)C2=C(C)Nc3ncnn3[C@@H]2c2ccc(C(F)(F)F)cc2)c(OC)c1. The Morgan fingerprint density at radius 3 is 2.48 bits per heavy atom. The Kier molecular flexibility index (Phi) is 5.71. The average Bonchev–Trinajstić information content (AvgIpc) is 3.25. The van der Waals surface area contributed by atoms with Gasteiger partial charge in [0, 0.05) is 11.8 Å². The fraction of sp³-hybridized carbons (Fsp3) is 0.227. The average molecular weight is 459 g/mol. The van der Waals surface area contributed by atoms with E-state index in [4.69, 9.17) is 9.47 Å². The molecule has 1 aliphatic heterocycles. The Bertz CT molecular complexity index is 1220. The zero-order valence-corrected chi connectivity index (χ0v) is 17.9. The van der Waals surface area contributed by atoms with Gasteiger partial charge in [-0.15, -0.1) is 0 Å². The van der Waals surface area contributed by atoms with E-state index in [0.29, 0.717) is 34.4 Å². The first-order valence-electron chi connectivity index (χ1n) is 9.80. The number of aromatic nitrogens is 3. The molecule has 0 saturated heterocycles. The number of amides is 1. The van der Waals surface area contributed by atoms with Crippen LogP contribution in [-0.4, -0.2) is 34.9 Å². The second-order valence-electron chi connectivity index (χ2n) is 7.23. The van der Waals surface area contributed by atoms with E-state index < -0.39 is 23.7 Å². The van der Waals surface area contributed by atoms with E-state index in [1.165, 1.54) is 37.4 Å². The van der Waals surface area contributed by atoms with E-state index in [9.17, 15) is 18.0 Å². The van der Waals surface area contributed by atoms with Gasteiger partial charge in [0.15, 0.2) is 0 Å². The van der Waals surface area contributed by atoms with Crippen LogP contribution in [0.1, 0.15) is 24.1 Å². The summed E-state index contributed by atoms with van der Waals surface area (Å²) in [7, 11) is 2.98. The maximum Gasteiger partial charge on any atom is 0.416 e. The summed E-state index contributed by atoms with van der Waals surface area (Å²) in [4.78, 5) is 17.5. The number of nitrogens with zero attached hydrogens (tertiary/aromatic N) is 3. The minimum absolute atomic E-state index is 0.269. The molecule has 8 nitrogen and oxygen atoms in total. The van der Waals surface area contributed by atoms with Gasteiger partial charge in [-0.2, -0.15) is 23.3 Å². The highest BCUT2D eigenvalue weighted by Gasteiger charge is 2.35. The van der Waals surface area contributed by atoms with E-state index in [2.05, 4.69) is 20.7 Å². The number of hydrogen-bond acceptors (Lipinski definition) is 6. The predicted molar refractivity (Wildman–Crippen MR) is 114 cm³/mol. The number of carbonyl (C=O) groups is 1. The standard InChI is InChI=1S/C22H20F3N5O3/c1-12-18(20(31)29-16-9-8-15(32-2)10-17(16)33-3)19(30-21(28-12)26-11-27-30)13-4-6-14(7-5-13)22(23,24)25/h4-11,19H,1-3H3,(H,29,31)(H,26,27,28)/t19-/m1/s1. The van der Waals surface area contributed by atoms with Crippen LogP contribution in [0.4, 0.5) is 24.8 Å². The van der Waals surface area contributed by atoms with Crippen LogP contribution in [-0.2, 0) is 11.0 Å². The normalized spacial score (nSPS) is 15.5. The molecule has 2 aromatic carbocycles. The molecule has 2 heterocycles. The van der Waals surface area contributed by atoms with E-state index in [1.54, 1.807) is 25.1 Å². The van der Waals surface area contributed by atoms with Crippen molar-refractivity contribution in [3.8, 4) is 11.5 Å². The molecule has 0 aliphatic carbocycles. The number of fused-ring (bicyclic) bond motifs is 1. The van der Waals surface area contributed by atoms with Crippen molar-refractivity contribution in [3.63, 3.8) is 0 Å². The first-order chi connectivity index (χ1) is 15.7. The van der Waals surface area contributed by atoms with Crippen LogP contribution in [0.5, 0.6) is 11.5 Å². The molecular formula is C22H20F3N5O3. The number of anilines is 2. The summed E-state index contributed by atoms with van der Waals surface area (Å²) < 4.78 is 51.1. The zero-order valence-electron chi connectivity index (χ0n) is 17.9. The Hall–Kier alpha value is -4.02. The smallest absolute Gasteiger partial charge is 0.416 e. The van der Waals surface area contributed by atoms with Crippen molar-refractivity contribution in [1.29, 1.82) is 0 Å². The molecule has 33 heavy (non-hydrogen) atoms. The number of hydrogen-bond donors (Lipinski definition) is 2. The molecule has 4 rings (SSSR count). The van der Waals surface area contributed by atoms with Gasteiger partial charge in [0.25, 0.3) is 5.91 Å². The van der Waals surface area contributed by atoms with E-state index in [0.717, 1.165) is 12.1 Å². The van der Waals surface area contributed by atoms with Gasteiger partial charge in [-0.3, -0.25) is 4.79 Å². The first kappa shape index (κ1) is 22.2. The maximum atomic E-state index is 13.4. The Morgan fingerprint density at radius 1 is 1.12 bits per heavy atom. The monoisotopic (exact) mass is 459 g/mol. The minimum atomic E-state index is -4.47. The molecule has 1 amide bonds. The van der Waals surface area contributed by atoms with Gasteiger partial charge < -0.3 is 20.1 Å². The van der Waals surface area contributed by atoms with Crippen molar-refractivity contribution in [2.24, 2.45) is 0 Å². The van der Waals surface area contributed by atoms with Crippen LogP contribution in [0.25, 0.3) is 0 Å². The lowest BCUT2D eigenvalue weighted by atomic mass is 9.94. The van der Waals surface area contributed by atoms with Crippen molar-refractivity contribution in [2.75, 3.05) is 24.9 Å². The van der Waals surface area contributed by atoms with Crippen molar-refractivity contribution in [1.82, 2.24) is 14.8 Å². The summed E-state index contributed by atoms with van der Waals surface area (Å²) in [6, 6.07) is 8.75. The summed E-state index contributed by atoms with van der Waals surface area (Å²) in [5, 5.41) is 10.0. The largest absolute Gasteiger partial charge is 0.497 e. The van der Waals surface area contributed by atoms with E-state index in [1.807, 2.05) is 0 Å². The van der Waals surface area contributed by atoms with Crippen molar-refractivity contribution in [3.05, 3.63) is 71.2 Å². The third-order valence-electron chi connectivity index (χ3n) is 5.25. The number of alkyl halides is 3. The molecule has 1 atom stereocenters. The lowest BCUT2D eigenvalue weighted by Crippen LogP contribution is -2.31. The Morgan fingerprint density at radius 2 is 1.85 bits per heavy atom. The molecule has 2 N–H and O–H groups in total. The number of halogens is 3. The number of rotatable bonds is 5. The lowest BCUT2D eigenvalue weighted by molar-refractivity contribution is -0.137. The van der Waals surface area contributed by atoms with Gasteiger partial charge in [0.1, 0.15) is 23.9 Å². The molecule has 3 aromatic rings. The molecule has 1 aromatic heterocycles. The molecule has 0 saturated carbocycles. The van der Waals surface area contributed by atoms with Gasteiger partial charge in [0.2, 0.25) is 5.95 Å². The van der Waals surface area contributed by atoms with E-state index >= 15 is 0 Å². The lowest BCUT2D eigenvalue weighted by Gasteiger charge is -2.29.